The summed E-state index contributed by atoms with van der Waals surface area (Å²) in [6, 6.07) is -0.799. The Bertz CT molecular complexity index is 471. The largest absolute Gasteiger partial charge is 0.416 e. The van der Waals surface area contributed by atoms with E-state index in [1.807, 2.05) is 0 Å². The number of nitrogens with one attached hydrogen (secondary N) is 1. The maximum absolute atomic E-state index is 13.5. The molecule has 1 rings (SSSR count). The molecule has 1 atom stereocenters. The predicted molar refractivity (Wildman–Crippen MR) is 54.0 cm³/mol. The summed E-state index contributed by atoms with van der Waals surface area (Å²) < 4.78 is 75.6. The standard InChI is InChI=1S/C11H9F6NO/c1-5(19)18-9(10(13)14)7-3-2-6(4-8(7)12)11(15,16)17/h2-4,9-10H,1H3,(H,18,19). The van der Waals surface area contributed by atoms with Crippen molar-refractivity contribution >= 4 is 5.91 Å². The maximum atomic E-state index is 13.5. The van der Waals surface area contributed by atoms with Crippen molar-refractivity contribution in [1.82, 2.24) is 5.32 Å². The summed E-state index contributed by atoms with van der Waals surface area (Å²) in [5.41, 5.74) is -1.98. The van der Waals surface area contributed by atoms with Crippen LogP contribution in [0.3, 0.4) is 0 Å². The van der Waals surface area contributed by atoms with Gasteiger partial charge in [0.15, 0.2) is 0 Å². The highest BCUT2D eigenvalue weighted by molar-refractivity contribution is 5.73. The van der Waals surface area contributed by atoms with Gasteiger partial charge in [-0.1, -0.05) is 6.07 Å². The highest BCUT2D eigenvalue weighted by Crippen LogP contribution is 2.32. The van der Waals surface area contributed by atoms with Gasteiger partial charge in [0.05, 0.1) is 5.56 Å². The number of benzene rings is 1. The van der Waals surface area contributed by atoms with Crippen LogP contribution in [0.25, 0.3) is 0 Å². The Kier molecular flexibility index (Phi) is 4.43. The van der Waals surface area contributed by atoms with Crippen LogP contribution < -0.4 is 5.32 Å². The van der Waals surface area contributed by atoms with Gasteiger partial charge in [0.1, 0.15) is 11.9 Å². The molecule has 0 fully saturated rings. The molecule has 19 heavy (non-hydrogen) atoms. The number of carbonyl (C=O) groups is 1. The monoisotopic (exact) mass is 285 g/mol. The van der Waals surface area contributed by atoms with Crippen LogP contribution in [0.15, 0.2) is 18.2 Å². The van der Waals surface area contributed by atoms with Gasteiger partial charge >= 0.3 is 6.18 Å². The first-order valence-corrected chi connectivity index (χ1v) is 5.05. The molecule has 2 nitrogen and oxygen atoms in total. The number of alkyl halides is 5. The normalized spacial score (nSPS) is 13.5. The number of amides is 1. The first-order chi connectivity index (χ1) is 8.62. The molecule has 1 aromatic rings. The van der Waals surface area contributed by atoms with E-state index >= 15 is 0 Å². The molecule has 106 valence electrons. The van der Waals surface area contributed by atoms with Crippen molar-refractivity contribution < 1.29 is 31.1 Å². The molecule has 1 aromatic carbocycles. The highest BCUT2D eigenvalue weighted by atomic mass is 19.4. The lowest BCUT2D eigenvalue weighted by Gasteiger charge is -2.18. The van der Waals surface area contributed by atoms with Crippen molar-refractivity contribution in [2.75, 3.05) is 0 Å². The summed E-state index contributed by atoms with van der Waals surface area (Å²) in [5.74, 6) is -2.29. The molecule has 1 N–H and O–H groups in total. The Balaban J connectivity index is 3.16. The molecule has 0 aromatic heterocycles. The van der Waals surface area contributed by atoms with Gasteiger partial charge in [-0.05, 0) is 12.1 Å². The first kappa shape index (κ1) is 15.3. The van der Waals surface area contributed by atoms with Crippen molar-refractivity contribution in [2.45, 2.75) is 25.6 Å². The van der Waals surface area contributed by atoms with Gasteiger partial charge in [-0.25, -0.2) is 13.2 Å². The number of hydrogen-bond acceptors (Lipinski definition) is 1. The summed E-state index contributed by atoms with van der Waals surface area (Å²) in [7, 11) is 0. The number of carbonyl (C=O) groups excluding carboxylic acids is 1. The number of rotatable bonds is 3. The minimum Gasteiger partial charge on any atom is -0.344 e. The smallest absolute Gasteiger partial charge is 0.344 e. The van der Waals surface area contributed by atoms with Gasteiger partial charge in [-0.2, -0.15) is 13.2 Å². The Labute approximate surface area is 104 Å². The van der Waals surface area contributed by atoms with Gasteiger partial charge in [-0.3, -0.25) is 4.79 Å². The van der Waals surface area contributed by atoms with Crippen LogP contribution in [-0.4, -0.2) is 12.3 Å². The highest BCUT2D eigenvalue weighted by Gasteiger charge is 2.33. The summed E-state index contributed by atoms with van der Waals surface area (Å²) in [6.45, 7) is 0.942. The van der Waals surface area contributed by atoms with Crippen LogP contribution in [0.5, 0.6) is 0 Å². The van der Waals surface area contributed by atoms with Crippen molar-refractivity contribution in [3.8, 4) is 0 Å². The van der Waals surface area contributed by atoms with E-state index < -0.39 is 41.5 Å². The topological polar surface area (TPSA) is 29.1 Å². The Morgan fingerprint density at radius 3 is 2.21 bits per heavy atom. The molecule has 0 radical (unpaired) electrons. The molecule has 0 saturated heterocycles. The second-order valence-electron chi connectivity index (χ2n) is 3.75. The third kappa shape index (κ3) is 3.87. The zero-order chi connectivity index (χ0) is 14.8. The Morgan fingerprint density at radius 1 is 1.26 bits per heavy atom. The van der Waals surface area contributed by atoms with E-state index in [-0.39, 0.29) is 6.07 Å². The fourth-order valence-electron chi connectivity index (χ4n) is 1.45. The summed E-state index contributed by atoms with van der Waals surface area (Å²) in [4.78, 5) is 10.7. The van der Waals surface area contributed by atoms with E-state index in [4.69, 9.17) is 0 Å². The average Bonchev–Trinajstić information content (AvgIpc) is 2.24. The molecule has 0 aliphatic heterocycles. The number of hydrogen-bond donors (Lipinski definition) is 1. The third-order valence-corrected chi connectivity index (χ3v) is 2.27. The van der Waals surface area contributed by atoms with Crippen molar-refractivity contribution in [3.63, 3.8) is 0 Å². The lowest BCUT2D eigenvalue weighted by Crippen LogP contribution is -2.31. The lowest BCUT2D eigenvalue weighted by molar-refractivity contribution is -0.137. The Morgan fingerprint density at radius 2 is 1.84 bits per heavy atom. The van der Waals surface area contributed by atoms with Gasteiger partial charge in [0.25, 0.3) is 6.43 Å². The average molecular weight is 285 g/mol. The molecular weight excluding hydrogens is 276 g/mol. The van der Waals surface area contributed by atoms with Crippen LogP contribution >= 0.6 is 0 Å². The van der Waals surface area contributed by atoms with E-state index in [1.165, 1.54) is 0 Å². The van der Waals surface area contributed by atoms with Gasteiger partial charge in [0.2, 0.25) is 5.91 Å². The lowest BCUT2D eigenvalue weighted by atomic mass is 10.0. The van der Waals surface area contributed by atoms with Crippen molar-refractivity contribution in [2.24, 2.45) is 0 Å². The van der Waals surface area contributed by atoms with E-state index in [0.717, 1.165) is 6.92 Å². The van der Waals surface area contributed by atoms with Crippen LogP contribution in [-0.2, 0) is 11.0 Å². The van der Waals surface area contributed by atoms with E-state index in [2.05, 4.69) is 0 Å². The van der Waals surface area contributed by atoms with Crippen LogP contribution in [0, 0.1) is 5.82 Å². The molecule has 0 saturated carbocycles. The van der Waals surface area contributed by atoms with E-state index in [0.29, 0.717) is 12.1 Å². The third-order valence-electron chi connectivity index (χ3n) is 2.27. The molecular formula is C11H9F6NO. The fourth-order valence-corrected chi connectivity index (χ4v) is 1.45. The second kappa shape index (κ2) is 5.50. The van der Waals surface area contributed by atoms with Gasteiger partial charge < -0.3 is 5.32 Å². The molecule has 0 aliphatic rings. The zero-order valence-corrected chi connectivity index (χ0v) is 9.56. The van der Waals surface area contributed by atoms with E-state index in [9.17, 15) is 31.1 Å². The van der Waals surface area contributed by atoms with Crippen LogP contribution in [0.2, 0.25) is 0 Å². The van der Waals surface area contributed by atoms with E-state index in [1.54, 1.807) is 5.32 Å². The molecule has 0 bridgehead atoms. The van der Waals surface area contributed by atoms with Gasteiger partial charge in [0, 0.05) is 12.5 Å². The number of halogens is 6. The van der Waals surface area contributed by atoms with Crippen LogP contribution in [0.4, 0.5) is 26.3 Å². The predicted octanol–water partition coefficient (Wildman–Crippen LogP) is 3.29. The molecule has 1 unspecified atom stereocenters. The zero-order valence-electron chi connectivity index (χ0n) is 9.56. The van der Waals surface area contributed by atoms with Gasteiger partial charge in [-0.15, -0.1) is 0 Å². The molecule has 0 heterocycles. The fraction of sp³-hybridized carbons (Fsp3) is 0.364. The molecule has 1 amide bonds. The second-order valence-corrected chi connectivity index (χ2v) is 3.75. The van der Waals surface area contributed by atoms with Crippen molar-refractivity contribution in [1.29, 1.82) is 0 Å². The summed E-state index contributed by atoms with van der Waals surface area (Å²) in [5, 5.41) is 1.78. The first-order valence-electron chi connectivity index (χ1n) is 5.05. The molecule has 8 heteroatoms. The quantitative estimate of drug-likeness (QED) is 0.848. The molecule has 0 aliphatic carbocycles. The summed E-state index contributed by atoms with van der Waals surface area (Å²) in [6.07, 6.45) is -7.91. The maximum Gasteiger partial charge on any atom is 0.416 e. The van der Waals surface area contributed by atoms with Crippen molar-refractivity contribution in [3.05, 3.63) is 35.1 Å². The van der Waals surface area contributed by atoms with Crippen LogP contribution in [0.1, 0.15) is 24.1 Å². The molecule has 0 spiro atoms. The Hall–Kier alpha value is -1.73. The minimum atomic E-state index is -4.77. The summed E-state index contributed by atoms with van der Waals surface area (Å²) >= 11 is 0. The minimum absolute atomic E-state index is 0.118. The SMILES string of the molecule is CC(=O)NC(c1ccc(C(F)(F)F)cc1F)C(F)F.